The van der Waals surface area contributed by atoms with Crippen molar-refractivity contribution in [1.29, 1.82) is 0 Å². The van der Waals surface area contributed by atoms with E-state index in [0.29, 0.717) is 36.8 Å². The van der Waals surface area contributed by atoms with Gasteiger partial charge in [-0.25, -0.2) is 4.98 Å². The van der Waals surface area contributed by atoms with Crippen LogP contribution in [0.3, 0.4) is 0 Å². The van der Waals surface area contributed by atoms with E-state index in [9.17, 15) is 0 Å². The molecule has 0 bridgehead atoms. The Labute approximate surface area is 200 Å². The number of ether oxygens (including phenoxy) is 1. The summed E-state index contributed by atoms with van der Waals surface area (Å²) in [5.41, 5.74) is 10.2. The summed E-state index contributed by atoms with van der Waals surface area (Å²) in [5, 5.41) is 14.8. The monoisotopic (exact) mass is 460 g/mol. The molecule has 0 amide bonds. The third kappa shape index (κ3) is 5.92. The second kappa shape index (κ2) is 11.6. The van der Waals surface area contributed by atoms with Crippen molar-refractivity contribution in [2.75, 3.05) is 31.6 Å². The van der Waals surface area contributed by atoms with Crippen molar-refractivity contribution in [2.24, 2.45) is 10.7 Å². The van der Waals surface area contributed by atoms with E-state index in [1.807, 2.05) is 30.5 Å². The van der Waals surface area contributed by atoms with Crippen LogP contribution >= 0.6 is 0 Å². The third-order valence-corrected chi connectivity index (χ3v) is 5.99. The van der Waals surface area contributed by atoms with Gasteiger partial charge >= 0.3 is 0 Å². The minimum Gasteiger partial charge on any atom is -0.404 e. The van der Waals surface area contributed by atoms with Crippen LogP contribution in [0.5, 0.6) is 0 Å². The number of aromatic nitrogens is 4. The highest BCUT2D eigenvalue weighted by Gasteiger charge is 2.16. The zero-order chi connectivity index (χ0) is 23.8. The standard InChI is InChI=1S/C25H32N8O/c1-3-17(4-2)19-10-25(33-30-14-19)32-24-6-5-22-23(31-24)9-18(13-29-22)20(11-26)12-27-7-8-34-21-15-28-16-21/h5-6,9-14,17,21,28H,3-4,7-8,15-16,26H2,1-2H3,(H,31,32,33). The van der Waals surface area contributed by atoms with Gasteiger partial charge in [0.1, 0.15) is 5.82 Å². The molecule has 1 saturated heterocycles. The van der Waals surface area contributed by atoms with Gasteiger partial charge in [-0.15, -0.1) is 5.10 Å². The lowest BCUT2D eigenvalue weighted by Gasteiger charge is -2.26. The Morgan fingerprint density at radius 3 is 2.79 bits per heavy atom. The molecule has 1 aliphatic rings. The van der Waals surface area contributed by atoms with Crippen LogP contribution in [-0.2, 0) is 4.74 Å². The number of nitrogens with two attached hydrogens (primary N) is 1. The van der Waals surface area contributed by atoms with Crippen molar-refractivity contribution in [2.45, 2.75) is 38.7 Å². The molecular weight excluding hydrogens is 428 g/mol. The maximum absolute atomic E-state index is 5.87. The van der Waals surface area contributed by atoms with Gasteiger partial charge in [0.25, 0.3) is 0 Å². The molecule has 1 aliphatic heterocycles. The van der Waals surface area contributed by atoms with Crippen LogP contribution < -0.4 is 16.4 Å². The number of anilines is 2. The molecule has 4 heterocycles. The lowest BCUT2D eigenvalue weighted by molar-refractivity contribution is 0.0239. The van der Waals surface area contributed by atoms with Crippen LogP contribution in [0.25, 0.3) is 16.6 Å². The number of allylic oxidation sites excluding steroid dienone is 1. The Kier molecular flexibility index (Phi) is 8.11. The fourth-order valence-electron chi connectivity index (χ4n) is 3.82. The molecule has 0 radical (unpaired) electrons. The van der Waals surface area contributed by atoms with E-state index in [0.717, 1.165) is 48.1 Å². The van der Waals surface area contributed by atoms with Crippen LogP contribution in [0, 0.1) is 0 Å². The van der Waals surface area contributed by atoms with Crippen molar-refractivity contribution >= 4 is 34.5 Å². The number of hydrogen-bond acceptors (Lipinski definition) is 9. The highest BCUT2D eigenvalue weighted by molar-refractivity contribution is 6.10. The van der Waals surface area contributed by atoms with Crippen molar-refractivity contribution in [3.63, 3.8) is 0 Å². The molecule has 1 fully saturated rings. The van der Waals surface area contributed by atoms with Crippen molar-refractivity contribution < 1.29 is 4.74 Å². The van der Waals surface area contributed by atoms with Gasteiger partial charge in [0.15, 0.2) is 5.82 Å². The highest BCUT2D eigenvalue weighted by Crippen LogP contribution is 2.25. The fourth-order valence-corrected chi connectivity index (χ4v) is 3.82. The first-order valence-corrected chi connectivity index (χ1v) is 11.8. The number of rotatable bonds is 11. The summed E-state index contributed by atoms with van der Waals surface area (Å²) >= 11 is 0. The van der Waals surface area contributed by atoms with E-state index >= 15 is 0 Å². The predicted octanol–water partition coefficient (Wildman–Crippen LogP) is 3.43. The fraction of sp³-hybridized carbons (Fsp3) is 0.400. The highest BCUT2D eigenvalue weighted by atomic mass is 16.5. The van der Waals surface area contributed by atoms with Gasteiger partial charge in [0, 0.05) is 42.8 Å². The molecule has 3 aromatic heterocycles. The van der Waals surface area contributed by atoms with Gasteiger partial charge in [-0.3, -0.25) is 9.98 Å². The molecule has 34 heavy (non-hydrogen) atoms. The summed E-state index contributed by atoms with van der Waals surface area (Å²) in [6.45, 7) is 7.38. The molecule has 9 nitrogen and oxygen atoms in total. The van der Waals surface area contributed by atoms with Gasteiger partial charge in [-0.05, 0) is 48.6 Å². The van der Waals surface area contributed by atoms with E-state index in [1.165, 1.54) is 11.8 Å². The molecule has 0 unspecified atom stereocenters. The van der Waals surface area contributed by atoms with Crippen molar-refractivity contribution in [3.05, 3.63) is 54.0 Å². The zero-order valence-electron chi connectivity index (χ0n) is 19.7. The molecular formula is C25H32N8O. The van der Waals surface area contributed by atoms with E-state index < -0.39 is 0 Å². The first-order valence-electron chi connectivity index (χ1n) is 11.8. The number of aliphatic imine (C=N–C) groups is 1. The van der Waals surface area contributed by atoms with E-state index in [2.05, 4.69) is 44.7 Å². The Hall–Kier alpha value is -3.43. The minimum atomic E-state index is 0.312. The van der Waals surface area contributed by atoms with Crippen LogP contribution in [0.2, 0.25) is 0 Å². The van der Waals surface area contributed by atoms with E-state index in [-0.39, 0.29) is 0 Å². The Bertz CT molecular complexity index is 1150. The van der Waals surface area contributed by atoms with Gasteiger partial charge in [0.05, 0.1) is 36.5 Å². The second-order valence-electron chi connectivity index (χ2n) is 8.28. The number of hydrogen-bond donors (Lipinski definition) is 3. The number of nitrogens with one attached hydrogen (secondary N) is 2. The summed E-state index contributed by atoms with van der Waals surface area (Å²) in [7, 11) is 0. The molecule has 0 saturated carbocycles. The van der Waals surface area contributed by atoms with Gasteiger partial charge in [-0.1, -0.05) is 13.8 Å². The summed E-state index contributed by atoms with van der Waals surface area (Å²) in [6.07, 6.45) is 9.35. The minimum absolute atomic E-state index is 0.312. The quantitative estimate of drug-likeness (QED) is 0.294. The lowest BCUT2D eigenvalue weighted by atomic mass is 9.96. The largest absolute Gasteiger partial charge is 0.404 e. The Morgan fingerprint density at radius 2 is 2.06 bits per heavy atom. The molecule has 4 rings (SSSR count). The summed E-state index contributed by atoms with van der Waals surface area (Å²) in [5.74, 6) is 1.82. The first-order chi connectivity index (χ1) is 16.7. The molecule has 3 aromatic rings. The van der Waals surface area contributed by atoms with Crippen LogP contribution in [0.15, 0.2) is 47.9 Å². The molecule has 0 aromatic carbocycles. The van der Waals surface area contributed by atoms with E-state index in [4.69, 9.17) is 15.5 Å². The van der Waals surface area contributed by atoms with Crippen LogP contribution in [0.4, 0.5) is 11.6 Å². The number of pyridine rings is 2. The normalized spacial score (nSPS) is 14.7. The van der Waals surface area contributed by atoms with E-state index in [1.54, 1.807) is 12.4 Å². The van der Waals surface area contributed by atoms with Crippen molar-refractivity contribution in [3.8, 4) is 0 Å². The molecule has 0 atom stereocenters. The maximum Gasteiger partial charge on any atom is 0.154 e. The van der Waals surface area contributed by atoms with Gasteiger partial charge in [0.2, 0.25) is 0 Å². The number of fused-ring (bicyclic) bond motifs is 1. The summed E-state index contributed by atoms with van der Waals surface area (Å²) < 4.78 is 5.69. The SMILES string of the molecule is CCC(CC)c1cnnc(Nc2ccc3ncc(C(C=NCCOC4CNC4)=CN)cc3n2)c1. The maximum atomic E-state index is 5.87. The molecule has 0 aliphatic carbocycles. The molecule has 4 N–H and O–H groups in total. The zero-order valence-corrected chi connectivity index (χ0v) is 19.7. The molecule has 9 heteroatoms. The average molecular weight is 461 g/mol. The number of nitrogens with zero attached hydrogens (tertiary/aromatic N) is 5. The topological polar surface area (TPSA) is 123 Å². The smallest absolute Gasteiger partial charge is 0.154 e. The second-order valence-corrected chi connectivity index (χ2v) is 8.28. The average Bonchev–Trinajstić information content (AvgIpc) is 2.83. The van der Waals surface area contributed by atoms with Gasteiger partial charge < -0.3 is 21.1 Å². The van der Waals surface area contributed by atoms with Crippen molar-refractivity contribution in [1.82, 2.24) is 25.5 Å². The Balaban J connectivity index is 1.46. The van der Waals surface area contributed by atoms with Crippen LogP contribution in [0.1, 0.15) is 43.7 Å². The first kappa shape index (κ1) is 23.7. The summed E-state index contributed by atoms with van der Waals surface area (Å²) in [6, 6.07) is 7.82. The van der Waals surface area contributed by atoms with Crippen LogP contribution in [-0.4, -0.2) is 58.7 Å². The third-order valence-electron chi connectivity index (χ3n) is 5.99. The predicted molar refractivity (Wildman–Crippen MR) is 136 cm³/mol. The Morgan fingerprint density at radius 1 is 1.21 bits per heavy atom. The molecule has 0 spiro atoms. The summed E-state index contributed by atoms with van der Waals surface area (Å²) in [4.78, 5) is 13.7. The van der Waals surface area contributed by atoms with Gasteiger partial charge in [-0.2, -0.15) is 5.10 Å². The lowest BCUT2D eigenvalue weighted by Crippen LogP contribution is -2.48. The molecule has 178 valence electrons.